The molecule has 19 heavy (non-hydrogen) atoms. The molecule has 0 spiro atoms. The van der Waals surface area contributed by atoms with Gasteiger partial charge in [-0.05, 0) is 23.6 Å². The van der Waals surface area contributed by atoms with Gasteiger partial charge in [0.25, 0.3) is 0 Å². The highest BCUT2D eigenvalue weighted by Gasteiger charge is 2.11. The smallest absolute Gasteiger partial charge is 0.197 e. The van der Waals surface area contributed by atoms with Gasteiger partial charge in [-0.3, -0.25) is 4.98 Å². The van der Waals surface area contributed by atoms with E-state index in [0.717, 1.165) is 32.7 Å². The molecule has 0 fully saturated rings. The number of rotatable bonds is 0. The Hall–Kier alpha value is -2.86. The van der Waals surface area contributed by atoms with Crippen molar-refractivity contribution in [2.45, 2.75) is 0 Å². The van der Waals surface area contributed by atoms with Crippen molar-refractivity contribution in [1.82, 2.24) is 9.97 Å². The van der Waals surface area contributed by atoms with Gasteiger partial charge in [0.15, 0.2) is 5.69 Å². The number of hydrogen-bond acceptors (Lipinski definition) is 1. The van der Waals surface area contributed by atoms with E-state index in [9.17, 15) is 0 Å². The Bertz CT molecular complexity index is 974. The fraction of sp³-hybridized carbons (Fsp3) is 0. The zero-order valence-corrected chi connectivity index (χ0v) is 10.0. The number of aromatic amines is 1. The van der Waals surface area contributed by atoms with Gasteiger partial charge < -0.3 is 4.98 Å². The van der Waals surface area contributed by atoms with Crippen molar-refractivity contribution in [2.24, 2.45) is 0 Å². The van der Waals surface area contributed by atoms with Gasteiger partial charge in [0.2, 0.25) is 0 Å². The predicted molar refractivity (Wildman–Crippen MR) is 77.4 cm³/mol. The number of nitrogens with one attached hydrogen (secondary N) is 1. The van der Waals surface area contributed by atoms with Gasteiger partial charge >= 0.3 is 0 Å². The summed E-state index contributed by atoms with van der Waals surface area (Å²) in [5, 5.41) is 3.10. The molecule has 1 N–H and O–H groups in total. The first-order valence-electron chi connectivity index (χ1n) is 6.04. The highest BCUT2D eigenvalue weighted by atomic mass is 14.8. The summed E-state index contributed by atoms with van der Waals surface area (Å²) in [5.74, 6) is 0. The zero-order valence-electron chi connectivity index (χ0n) is 10.0. The summed E-state index contributed by atoms with van der Waals surface area (Å²) in [4.78, 5) is 11.5. The van der Waals surface area contributed by atoms with Crippen LogP contribution in [-0.2, 0) is 0 Å². The molecule has 2 aromatic carbocycles. The topological polar surface area (TPSA) is 33.0 Å². The molecule has 2 aromatic heterocycles. The third-order valence-electron chi connectivity index (χ3n) is 3.47. The van der Waals surface area contributed by atoms with E-state index in [1.54, 1.807) is 6.20 Å². The van der Waals surface area contributed by atoms with Crippen LogP contribution in [0.5, 0.6) is 0 Å². The Morgan fingerprint density at radius 2 is 1.84 bits per heavy atom. The molecule has 2 heterocycles. The van der Waals surface area contributed by atoms with Crippen LogP contribution in [0.3, 0.4) is 0 Å². The standard InChI is InChI=1S/C16H9N3/c1-17-14-9-12-10-5-2-3-7-13(10)19-16(12)15-11(14)6-4-8-18-15/h2-9,19H. The average molecular weight is 243 g/mol. The van der Waals surface area contributed by atoms with E-state index in [4.69, 9.17) is 6.57 Å². The third kappa shape index (κ3) is 1.28. The molecule has 0 aliphatic carbocycles. The van der Waals surface area contributed by atoms with Gasteiger partial charge in [-0.2, -0.15) is 0 Å². The molecule has 88 valence electrons. The Morgan fingerprint density at radius 1 is 1.00 bits per heavy atom. The van der Waals surface area contributed by atoms with Crippen molar-refractivity contribution < 1.29 is 0 Å². The first-order valence-corrected chi connectivity index (χ1v) is 6.04. The average Bonchev–Trinajstić information content (AvgIpc) is 2.85. The van der Waals surface area contributed by atoms with Crippen molar-refractivity contribution in [3.8, 4) is 0 Å². The van der Waals surface area contributed by atoms with E-state index < -0.39 is 0 Å². The lowest BCUT2D eigenvalue weighted by Crippen LogP contribution is -1.80. The Balaban J connectivity index is 2.36. The Labute approximate surface area is 109 Å². The molecule has 0 amide bonds. The van der Waals surface area contributed by atoms with Gasteiger partial charge in [0, 0.05) is 22.5 Å². The van der Waals surface area contributed by atoms with Crippen LogP contribution in [0.15, 0.2) is 48.7 Å². The van der Waals surface area contributed by atoms with Gasteiger partial charge in [-0.1, -0.05) is 24.3 Å². The van der Waals surface area contributed by atoms with Gasteiger partial charge in [0.1, 0.15) is 0 Å². The first-order chi connectivity index (χ1) is 9.38. The number of nitrogens with zero attached hydrogens (tertiary/aromatic N) is 2. The number of para-hydroxylation sites is 1. The van der Waals surface area contributed by atoms with Crippen LogP contribution < -0.4 is 0 Å². The van der Waals surface area contributed by atoms with Crippen molar-refractivity contribution in [3.63, 3.8) is 0 Å². The van der Waals surface area contributed by atoms with E-state index in [1.165, 1.54) is 0 Å². The SMILES string of the molecule is [C-]#[N+]c1cc2c3ccccc3[nH]c2c2ncccc12. The fourth-order valence-corrected chi connectivity index (χ4v) is 2.62. The summed E-state index contributed by atoms with van der Waals surface area (Å²) in [6, 6.07) is 13.9. The zero-order chi connectivity index (χ0) is 12.8. The normalized spacial score (nSPS) is 11.1. The molecule has 0 unspecified atom stereocenters. The second-order valence-corrected chi connectivity index (χ2v) is 4.50. The maximum Gasteiger partial charge on any atom is 0.197 e. The van der Waals surface area contributed by atoms with Crippen LogP contribution >= 0.6 is 0 Å². The molecular weight excluding hydrogens is 234 g/mol. The van der Waals surface area contributed by atoms with Crippen LogP contribution in [0, 0.1) is 6.57 Å². The number of H-pyrrole nitrogens is 1. The number of fused-ring (bicyclic) bond motifs is 5. The number of pyridine rings is 1. The van der Waals surface area contributed by atoms with E-state index in [0.29, 0.717) is 5.69 Å². The van der Waals surface area contributed by atoms with E-state index in [-0.39, 0.29) is 0 Å². The molecule has 3 heteroatoms. The quantitative estimate of drug-likeness (QED) is 0.455. The molecule has 4 rings (SSSR count). The van der Waals surface area contributed by atoms with Crippen molar-refractivity contribution >= 4 is 38.4 Å². The Kier molecular flexibility index (Phi) is 1.89. The van der Waals surface area contributed by atoms with E-state index in [1.807, 2.05) is 36.4 Å². The van der Waals surface area contributed by atoms with E-state index in [2.05, 4.69) is 20.9 Å². The highest BCUT2D eigenvalue weighted by Crippen LogP contribution is 2.35. The minimum Gasteiger partial charge on any atom is -0.353 e. The monoisotopic (exact) mass is 243 g/mol. The van der Waals surface area contributed by atoms with Crippen LogP contribution in [0.4, 0.5) is 5.69 Å². The van der Waals surface area contributed by atoms with Crippen molar-refractivity contribution in [1.29, 1.82) is 0 Å². The molecule has 0 bridgehead atoms. The fourth-order valence-electron chi connectivity index (χ4n) is 2.62. The molecular formula is C16H9N3. The first kappa shape index (κ1) is 10.1. The van der Waals surface area contributed by atoms with Crippen molar-refractivity contribution in [3.05, 3.63) is 60.1 Å². The minimum absolute atomic E-state index is 0.653. The summed E-state index contributed by atoms with van der Waals surface area (Å²) in [6.45, 7) is 7.35. The van der Waals surface area contributed by atoms with Gasteiger partial charge in [-0.25, -0.2) is 4.85 Å². The summed E-state index contributed by atoms with van der Waals surface area (Å²) in [7, 11) is 0. The molecule has 0 aliphatic rings. The molecule has 0 radical (unpaired) electrons. The molecule has 3 nitrogen and oxygen atoms in total. The second kappa shape index (κ2) is 3.56. The maximum atomic E-state index is 7.35. The lowest BCUT2D eigenvalue weighted by atomic mass is 10.1. The van der Waals surface area contributed by atoms with Crippen LogP contribution in [0.2, 0.25) is 0 Å². The summed E-state index contributed by atoms with van der Waals surface area (Å²) >= 11 is 0. The Morgan fingerprint density at radius 3 is 2.74 bits per heavy atom. The predicted octanol–water partition coefficient (Wildman–Crippen LogP) is 4.42. The molecule has 0 saturated carbocycles. The summed E-state index contributed by atoms with van der Waals surface area (Å²) in [5.41, 5.74) is 3.60. The minimum atomic E-state index is 0.653. The number of hydrogen-bond donors (Lipinski definition) is 1. The second-order valence-electron chi connectivity index (χ2n) is 4.50. The maximum absolute atomic E-state index is 7.35. The summed E-state index contributed by atoms with van der Waals surface area (Å²) in [6.07, 6.45) is 1.76. The molecule has 0 atom stereocenters. The van der Waals surface area contributed by atoms with Crippen LogP contribution in [0.1, 0.15) is 0 Å². The van der Waals surface area contributed by atoms with E-state index >= 15 is 0 Å². The number of aromatic nitrogens is 2. The molecule has 0 aliphatic heterocycles. The molecule has 4 aromatic rings. The van der Waals surface area contributed by atoms with Gasteiger partial charge in [-0.15, -0.1) is 0 Å². The highest BCUT2D eigenvalue weighted by molar-refractivity contribution is 6.19. The lowest BCUT2D eigenvalue weighted by Gasteiger charge is -2.01. The van der Waals surface area contributed by atoms with Gasteiger partial charge in [0.05, 0.1) is 17.6 Å². The van der Waals surface area contributed by atoms with Crippen LogP contribution in [0.25, 0.3) is 37.6 Å². The number of benzene rings is 2. The largest absolute Gasteiger partial charge is 0.353 e. The summed E-state index contributed by atoms with van der Waals surface area (Å²) < 4.78 is 0. The third-order valence-corrected chi connectivity index (χ3v) is 3.47. The lowest BCUT2D eigenvalue weighted by molar-refractivity contribution is 1.41. The van der Waals surface area contributed by atoms with Crippen LogP contribution in [-0.4, -0.2) is 9.97 Å². The van der Waals surface area contributed by atoms with Crippen molar-refractivity contribution in [2.75, 3.05) is 0 Å². The molecule has 0 saturated heterocycles.